The van der Waals surface area contributed by atoms with Crippen molar-refractivity contribution in [1.29, 1.82) is 0 Å². The molecule has 0 aliphatic carbocycles. The van der Waals surface area contributed by atoms with Crippen molar-refractivity contribution < 1.29 is 30.8 Å². The first-order chi connectivity index (χ1) is 19.1. The Morgan fingerprint density at radius 3 is 2.22 bits per heavy atom. The van der Waals surface area contributed by atoms with Crippen LogP contribution in [0.25, 0.3) is 11.3 Å². The first-order valence-corrected chi connectivity index (χ1v) is 18.0. The Morgan fingerprint density at radius 2 is 1.63 bits per heavy atom. The van der Waals surface area contributed by atoms with E-state index in [2.05, 4.69) is 9.88 Å². The average molecular weight is 625 g/mol. The molecule has 12 heteroatoms. The third-order valence-corrected chi connectivity index (χ3v) is 11.5. The van der Waals surface area contributed by atoms with Crippen LogP contribution in [0.2, 0.25) is 0 Å². The number of hydrogen-bond donors (Lipinski definition) is 1. The summed E-state index contributed by atoms with van der Waals surface area (Å²) in [5.41, 5.74) is 1.60. The largest absolute Gasteiger partial charge is 0.598 e. The Bertz CT molecular complexity index is 1390. The quantitative estimate of drug-likeness (QED) is 0.121. The summed E-state index contributed by atoms with van der Waals surface area (Å²) in [6.07, 6.45) is -0.304. The van der Waals surface area contributed by atoms with Gasteiger partial charge in [0.2, 0.25) is 7.37 Å². The Balaban J connectivity index is 1.94. The number of nitrogens with one attached hydrogen (secondary N) is 1. The predicted molar refractivity (Wildman–Crippen MR) is 163 cm³/mol. The molecule has 3 aromatic rings. The first-order valence-electron chi connectivity index (χ1n) is 13.4. The summed E-state index contributed by atoms with van der Waals surface area (Å²) in [6, 6.07) is 20.3. The molecule has 0 aliphatic rings. The number of hydrogen-bond acceptors (Lipinski definition) is 9. The van der Waals surface area contributed by atoms with Gasteiger partial charge in [-0.05, 0) is 38.2 Å². The predicted octanol–water partition coefficient (Wildman–Crippen LogP) is 6.50. The summed E-state index contributed by atoms with van der Waals surface area (Å²) < 4.78 is 72.7. The van der Waals surface area contributed by atoms with Crippen molar-refractivity contribution in [1.82, 2.24) is 9.88 Å². The van der Waals surface area contributed by atoms with Gasteiger partial charge in [0.1, 0.15) is 10.5 Å². The second kappa shape index (κ2) is 14.0. The summed E-state index contributed by atoms with van der Waals surface area (Å²) in [7, 11) is -7.77. The highest BCUT2D eigenvalue weighted by Crippen LogP contribution is 2.56. The molecule has 0 amide bonds. The number of rotatable bonds is 14. The highest BCUT2D eigenvalue weighted by molar-refractivity contribution is 7.91. The summed E-state index contributed by atoms with van der Waals surface area (Å²) in [6.45, 7) is 10.9. The molecule has 226 valence electrons. The third kappa shape index (κ3) is 11.0. The van der Waals surface area contributed by atoms with Crippen LogP contribution in [0.1, 0.15) is 59.2 Å². The van der Waals surface area contributed by atoms with E-state index in [9.17, 15) is 17.5 Å². The van der Waals surface area contributed by atoms with Gasteiger partial charge in [0, 0.05) is 23.0 Å². The van der Waals surface area contributed by atoms with Crippen LogP contribution in [0.5, 0.6) is 0 Å². The fourth-order valence-corrected chi connectivity index (χ4v) is 8.55. The molecular weight excluding hydrogens is 583 g/mol. The van der Waals surface area contributed by atoms with Gasteiger partial charge in [-0.25, -0.2) is 0 Å². The fourth-order valence-electron chi connectivity index (χ4n) is 3.57. The maximum absolute atomic E-state index is 14.8. The van der Waals surface area contributed by atoms with E-state index in [0.29, 0.717) is 11.5 Å². The van der Waals surface area contributed by atoms with E-state index in [1.807, 2.05) is 81.4 Å². The molecule has 41 heavy (non-hydrogen) atoms. The minimum atomic E-state index is -3.96. The average Bonchev–Trinajstić information content (AvgIpc) is 3.37. The normalized spacial score (nSPS) is 15.8. The van der Waals surface area contributed by atoms with Gasteiger partial charge >= 0.3 is 0 Å². The van der Waals surface area contributed by atoms with Crippen molar-refractivity contribution >= 4 is 28.8 Å². The molecule has 0 spiro atoms. The Hall–Kier alpha value is -1.98. The maximum Gasteiger partial charge on any atom is 0.267 e. The van der Waals surface area contributed by atoms with Crippen molar-refractivity contribution in [2.24, 2.45) is 5.41 Å². The minimum absolute atomic E-state index is 0.00468. The SMILES string of the molecule is CC(C)(C)COS(=O)(=O)CCC(N[S+]([O-])C(C)(C)C)P(=O)(Cc1cc(-c2ccccc2)on1)OCc1ccccc1. The third-order valence-electron chi connectivity index (χ3n) is 5.88. The van der Waals surface area contributed by atoms with E-state index >= 15 is 0 Å². The van der Waals surface area contributed by atoms with Gasteiger partial charge < -0.3 is 13.6 Å². The molecule has 9 nitrogen and oxygen atoms in total. The lowest BCUT2D eigenvalue weighted by Crippen LogP contribution is -2.45. The van der Waals surface area contributed by atoms with Crippen molar-refractivity contribution in [2.75, 3.05) is 12.4 Å². The van der Waals surface area contributed by atoms with E-state index in [4.69, 9.17) is 13.2 Å². The van der Waals surface area contributed by atoms with E-state index in [0.717, 1.165) is 11.1 Å². The molecular formula is C29H41N2O7PS2. The minimum Gasteiger partial charge on any atom is -0.598 e. The van der Waals surface area contributed by atoms with E-state index in [1.54, 1.807) is 26.8 Å². The van der Waals surface area contributed by atoms with Gasteiger partial charge in [-0.15, -0.1) is 4.72 Å². The molecule has 3 atom stereocenters. The van der Waals surface area contributed by atoms with Gasteiger partial charge in [0.15, 0.2) is 5.76 Å². The Morgan fingerprint density at radius 1 is 1.02 bits per heavy atom. The zero-order chi connectivity index (χ0) is 30.3. The van der Waals surface area contributed by atoms with Gasteiger partial charge in [0.05, 0.1) is 30.8 Å². The summed E-state index contributed by atoms with van der Waals surface area (Å²) >= 11 is -1.67. The second-order valence-electron chi connectivity index (χ2n) is 12.1. The van der Waals surface area contributed by atoms with Crippen LogP contribution < -0.4 is 4.72 Å². The summed E-state index contributed by atoms with van der Waals surface area (Å²) in [4.78, 5) is 0. The van der Waals surface area contributed by atoms with Gasteiger partial charge in [-0.3, -0.25) is 8.75 Å². The van der Waals surface area contributed by atoms with Crippen molar-refractivity contribution in [3.63, 3.8) is 0 Å². The van der Waals surface area contributed by atoms with Crippen molar-refractivity contribution in [3.8, 4) is 11.3 Å². The molecule has 1 heterocycles. The maximum atomic E-state index is 14.8. The molecule has 0 radical (unpaired) electrons. The van der Waals surface area contributed by atoms with Crippen LogP contribution in [0.15, 0.2) is 71.3 Å². The molecule has 0 aliphatic heterocycles. The number of nitrogens with zero attached hydrogens (tertiary/aromatic N) is 1. The van der Waals surface area contributed by atoms with Crippen molar-refractivity contribution in [3.05, 3.63) is 78.0 Å². The zero-order valence-electron chi connectivity index (χ0n) is 24.5. The molecule has 3 rings (SSSR count). The monoisotopic (exact) mass is 624 g/mol. The van der Waals surface area contributed by atoms with Crippen LogP contribution in [0.4, 0.5) is 0 Å². The number of aromatic nitrogens is 1. The zero-order valence-corrected chi connectivity index (χ0v) is 27.1. The molecule has 0 fully saturated rings. The summed E-state index contributed by atoms with van der Waals surface area (Å²) in [5, 5.41) is 4.13. The Kier molecular flexibility index (Phi) is 11.4. The van der Waals surface area contributed by atoms with Gasteiger partial charge in [0.25, 0.3) is 10.1 Å². The molecule has 0 saturated heterocycles. The van der Waals surface area contributed by atoms with Crippen LogP contribution in [0.3, 0.4) is 0 Å². The standard InChI is InChI=1S/C29H41N2O7PS2/c1-28(2,3)22-37-41(34,35)18-17-27(31-40(33)29(4,5)6)39(32,36-20-23-13-9-7-10-14-23)21-25-19-26(38-30-25)24-15-11-8-12-16-24/h7-16,19,27,31H,17-18,20-22H2,1-6H3. The van der Waals surface area contributed by atoms with E-state index < -0.39 is 45.1 Å². The molecule has 1 aromatic heterocycles. The van der Waals surface area contributed by atoms with Crippen LogP contribution in [-0.2, 0) is 47.5 Å². The van der Waals surface area contributed by atoms with Crippen molar-refractivity contribution in [2.45, 2.75) is 71.3 Å². The first kappa shape index (κ1) is 33.5. The molecule has 0 saturated carbocycles. The lowest BCUT2D eigenvalue weighted by Gasteiger charge is -2.32. The lowest BCUT2D eigenvalue weighted by atomic mass is 9.99. The van der Waals surface area contributed by atoms with Gasteiger partial charge in [-0.1, -0.05) is 86.6 Å². The van der Waals surface area contributed by atoms with Crippen LogP contribution >= 0.6 is 7.37 Å². The highest BCUT2D eigenvalue weighted by atomic mass is 32.2. The molecule has 1 N–H and O–H groups in total. The highest BCUT2D eigenvalue weighted by Gasteiger charge is 2.42. The fraction of sp³-hybridized carbons (Fsp3) is 0.483. The molecule has 0 bridgehead atoms. The van der Waals surface area contributed by atoms with Gasteiger partial charge in [-0.2, -0.15) is 8.42 Å². The molecule has 2 aromatic carbocycles. The number of benzene rings is 2. The smallest absolute Gasteiger partial charge is 0.267 e. The topological polar surface area (TPSA) is 131 Å². The van der Waals surface area contributed by atoms with E-state index in [1.165, 1.54) is 0 Å². The van der Waals surface area contributed by atoms with Crippen LogP contribution in [0, 0.1) is 5.41 Å². The summed E-state index contributed by atoms with van der Waals surface area (Å²) in [5.74, 6) is -1.01. The van der Waals surface area contributed by atoms with E-state index in [-0.39, 0.29) is 31.2 Å². The lowest BCUT2D eigenvalue weighted by molar-refractivity contribution is 0.203. The molecule has 3 unspecified atom stereocenters. The van der Waals surface area contributed by atoms with Crippen LogP contribution in [-0.4, -0.2) is 41.0 Å². The second-order valence-corrected chi connectivity index (χ2v) is 18.5. The Labute approximate surface area is 247 Å².